The standard InChI is InChI=1S/C24H31Cl2FN4O4S/c1-6-16(2)28-24(33)17(3)30(14-18-7-8-19(25)13-22(18)26)23(32)15-31(36(34,35)29(4)5)21-11-9-20(27)10-12-21/h7-13,16-17H,6,14-15H2,1-5H3,(H,28,33)/t16-,17-/m1/s1. The van der Waals surface area contributed by atoms with Gasteiger partial charge in [-0.15, -0.1) is 0 Å². The van der Waals surface area contributed by atoms with Gasteiger partial charge in [-0.25, -0.2) is 8.70 Å². The van der Waals surface area contributed by atoms with Gasteiger partial charge in [-0.1, -0.05) is 36.2 Å². The highest BCUT2D eigenvalue weighted by Crippen LogP contribution is 2.25. The van der Waals surface area contributed by atoms with Crippen LogP contribution in [0, 0.1) is 5.82 Å². The molecule has 0 bridgehead atoms. The topological polar surface area (TPSA) is 90.0 Å². The number of nitrogens with zero attached hydrogens (tertiary/aromatic N) is 3. The number of halogens is 3. The molecule has 2 aromatic carbocycles. The van der Waals surface area contributed by atoms with Crippen molar-refractivity contribution >= 4 is 50.9 Å². The molecule has 36 heavy (non-hydrogen) atoms. The Bertz CT molecular complexity index is 1180. The van der Waals surface area contributed by atoms with Crippen molar-refractivity contribution in [2.45, 2.75) is 45.8 Å². The molecule has 2 rings (SSSR count). The molecule has 0 aliphatic heterocycles. The first-order valence-electron chi connectivity index (χ1n) is 11.3. The van der Waals surface area contributed by atoms with Gasteiger partial charge in [-0.3, -0.25) is 9.59 Å². The van der Waals surface area contributed by atoms with Crippen LogP contribution in [0.3, 0.4) is 0 Å². The lowest BCUT2D eigenvalue weighted by atomic mass is 10.1. The molecule has 0 radical (unpaired) electrons. The van der Waals surface area contributed by atoms with E-state index in [1.54, 1.807) is 19.1 Å². The largest absolute Gasteiger partial charge is 0.352 e. The van der Waals surface area contributed by atoms with Gasteiger partial charge in [-0.2, -0.15) is 12.7 Å². The van der Waals surface area contributed by atoms with Crippen molar-refractivity contribution in [3.8, 4) is 0 Å². The molecule has 198 valence electrons. The van der Waals surface area contributed by atoms with Crippen LogP contribution in [-0.2, 0) is 26.3 Å². The summed E-state index contributed by atoms with van der Waals surface area (Å²) in [6, 6.07) is 8.43. The Morgan fingerprint density at radius 1 is 1.06 bits per heavy atom. The van der Waals surface area contributed by atoms with Gasteiger partial charge in [0.05, 0.1) is 5.69 Å². The zero-order valence-corrected chi connectivity index (χ0v) is 23.2. The molecule has 1 N–H and O–H groups in total. The molecule has 0 saturated heterocycles. The summed E-state index contributed by atoms with van der Waals surface area (Å²) in [5.74, 6) is -1.60. The van der Waals surface area contributed by atoms with Gasteiger partial charge in [0.1, 0.15) is 18.4 Å². The van der Waals surface area contributed by atoms with Crippen LogP contribution in [0.15, 0.2) is 42.5 Å². The van der Waals surface area contributed by atoms with E-state index in [9.17, 15) is 22.4 Å². The van der Waals surface area contributed by atoms with E-state index < -0.39 is 40.4 Å². The normalized spacial score (nSPS) is 13.2. The maximum Gasteiger partial charge on any atom is 0.304 e. The predicted octanol–water partition coefficient (Wildman–Crippen LogP) is 4.08. The summed E-state index contributed by atoms with van der Waals surface area (Å²) in [5.41, 5.74) is 0.626. The van der Waals surface area contributed by atoms with Crippen LogP contribution in [0.25, 0.3) is 0 Å². The maximum absolute atomic E-state index is 13.6. The second-order valence-corrected chi connectivity index (χ2v) is 11.4. The summed E-state index contributed by atoms with van der Waals surface area (Å²) >= 11 is 12.3. The van der Waals surface area contributed by atoms with Crippen LogP contribution in [-0.4, -0.2) is 62.2 Å². The summed E-state index contributed by atoms with van der Waals surface area (Å²) in [5, 5.41) is 3.55. The van der Waals surface area contributed by atoms with Crippen LogP contribution >= 0.6 is 23.2 Å². The molecule has 2 atom stereocenters. The fourth-order valence-electron chi connectivity index (χ4n) is 3.21. The molecule has 0 heterocycles. The molecule has 12 heteroatoms. The smallest absolute Gasteiger partial charge is 0.304 e. The summed E-state index contributed by atoms with van der Waals surface area (Å²) in [4.78, 5) is 27.8. The lowest BCUT2D eigenvalue weighted by Gasteiger charge is -2.33. The number of carbonyl (C=O) groups is 2. The Morgan fingerprint density at radius 2 is 1.67 bits per heavy atom. The molecule has 8 nitrogen and oxygen atoms in total. The molecule has 0 spiro atoms. The minimum absolute atomic E-state index is 0.0663. The highest BCUT2D eigenvalue weighted by Gasteiger charge is 2.33. The minimum atomic E-state index is -4.14. The van der Waals surface area contributed by atoms with Gasteiger partial charge in [0.25, 0.3) is 0 Å². The highest BCUT2D eigenvalue weighted by atomic mass is 35.5. The summed E-state index contributed by atoms with van der Waals surface area (Å²) in [6.07, 6.45) is 0.689. The van der Waals surface area contributed by atoms with Gasteiger partial charge >= 0.3 is 10.2 Å². The zero-order chi connectivity index (χ0) is 27.2. The molecule has 0 aliphatic rings. The predicted molar refractivity (Wildman–Crippen MR) is 141 cm³/mol. The van der Waals surface area contributed by atoms with Crippen LogP contribution < -0.4 is 9.62 Å². The zero-order valence-electron chi connectivity index (χ0n) is 20.8. The molecule has 0 saturated carbocycles. The van der Waals surface area contributed by atoms with Crippen molar-refractivity contribution in [3.63, 3.8) is 0 Å². The van der Waals surface area contributed by atoms with Gasteiger partial charge in [0, 0.05) is 36.7 Å². The monoisotopic (exact) mass is 560 g/mol. The van der Waals surface area contributed by atoms with Crippen LogP contribution in [0.4, 0.5) is 10.1 Å². The van der Waals surface area contributed by atoms with Crippen molar-refractivity contribution < 1.29 is 22.4 Å². The first-order chi connectivity index (χ1) is 16.8. The van der Waals surface area contributed by atoms with E-state index in [0.29, 0.717) is 22.0 Å². The first kappa shape index (κ1) is 29.8. The van der Waals surface area contributed by atoms with Crippen LogP contribution in [0.2, 0.25) is 10.0 Å². The lowest BCUT2D eigenvalue weighted by Crippen LogP contribution is -2.53. The summed E-state index contributed by atoms with van der Waals surface area (Å²) in [6.45, 7) is 4.62. The maximum atomic E-state index is 13.6. The Morgan fingerprint density at radius 3 is 2.19 bits per heavy atom. The van der Waals surface area contributed by atoms with E-state index >= 15 is 0 Å². The molecule has 0 aliphatic carbocycles. The van der Waals surface area contributed by atoms with Crippen molar-refractivity contribution in [1.82, 2.24) is 14.5 Å². The fourth-order valence-corrected chi connectivity index (χ4v) is 4.73. The number of benzene rings is 2. The van der Waals surface area contributed by atoms with Gasteiger partial charge in [0.15, 0.2) is 0 Å². The van der Waals surface area contributed by atoms with E-state index in [-0.39, 0.29) is 18.3 Å². The number of hydrogen-bond donors (Lipinski definition) is 1. The van der Waals surface area contributed by atoms with Crippen molar-refractivity contribution in [3.05, 3.63) is 63.9 Å². The number of amides is 2. The van der Waals surface area contributed by atoms with E-state index in [0.717, 1.165) is 20.7 Å². The van der Waals surface area contributed by atoms with Crippen molar-refractivity contribution in [2.75, 3.05) is 24.9 Å². The Hall–Kier alpha value is -2.40. The SMILES string of the molecule is CC[C@@H](C)NC(=O)[C@@H](C)N(Cc1ccc(Cl)cc1Cl)C(=O)CN(c1ccc(F)cc1)S(=O)(=O)N(C)C. The van der Waals surface area contributed by atoms with Crippen molar-refractivity contribution in [1.29, 1.82) is 0 Å². The second-order valence-electron chi connectivity index (χ2n) is 8.52. The second kappa shape index (κ2) is 12.7. The third kappa shape index (κ3) is 7.55. The van der Waals surface area contributed by atoms with E-state index in [2.05, 4.69) is 5.32 Å². The average Bonchev–Trinajstić information content (AvgIpc) is 2.81. The average molecular weight is 562 g/mol. The molecule has 2 aromatic rings. The van der Waals surface area contributed by atoms with Crippen LogP contribution in [0.5, 0.6) is 0 Å². The third-order valence-electron chi connectivity index (χ3n) is 5.66. The Labute approximate surface area is 222 Å². The Balaban J connectivity index is 2.48. The molecular formula is C24H31Cl2FN4O4S. The number of rotatable bonds is 11. The molecule has 0 aromatic heterocycles. The Kier molecular flexibility index (Phi) is 10.5. The van der Waals surface area contributed by atoms with E-state index in [1.165, 1.54) is 37.2 Å². The number of anilines is 1. The van der Waals surface area contributed by atoms with Gasteiger partial charge < -0.3 is 10.2 Å². The highest BCUT2D eigenvalue weighted by molar-refractivity contribution is 7.90. The first-order valence-corrected chi connectivity index (χ1v) is 13.4. The van der Waals surface area contributed by atoms with Crippen molar-refractivity contribution in [2.24, 2.45) is 0 Å². The van der Waals surface area contributed by atoms with Crippen LogP contribution in [0.1, 0.15) is 32.8 Å². The molecule has 0 unspecified atom stereocenters. The molecular weight excluding hydrogens is 530 g/mol. The fraction of sp³-hybridized carbons (Fsp3) is 0.417. The number of nitrogens with one attached hydrogen (secondary N) is 1. The minimum Gasteiger partial charge on any atom is -0.352 e. The number of hydrogen-bond acceptors (Lipinski definition) is 4. The van der Waals surface area contributed by atoms with E-state index in [1.807, 2.05) is 13.8 Å². The summed E-state index contributed by atoms with van der Waals surface area (Å²) < 4.78 is 41.5. The third-order valence-corrected chi connectivity index (χ3v) is 8.06. The quantitative estimate of drug-likeness (QED) is 0.448. The lowest BCUT2D eigenvalue weighted by molar-refractivity contribution is -0.139. The number of carbonyl (C=O) groups excluding carboxylic acids is 2. The summed E-state index contributed by atoms with van der Waals surface area (Å²) in [7, 11) is -1.49. The van der Waals surface area contributed by atoms with Gasteiger partial charge in [-0.05, 0) is 62.2 Å². The molecule has 0 fully saturated rings. The molecule has 2 amide bonds. The van der Waals surface area contributed by atoms with E-state index in [4.69, 9.17) is 23.2 Å². The van der Waals surface area contributed by atoms with Gasteiger partial charge in [0.2, 0.25) is 11.8 Å².